The molecule has 4 heterocycles. The van der Waals surface area contributed by atoms with Crippen LogP contribution in [-0.2, 0) is 6.54 Å². The number of carbonyl (C=O) groups is 1. The predicted octanol–water partition coefficient (Wildman–Crippen LogP) is 2.31. The van der Waals surface area contributed by atoms with Crippen molar-refractivity contribution < 1.29 is 4.79 Å². The zero-order chi connectivity index (χ0) is 18.6. The van der Waals surface area contributed by atoms with E-state index in [1.807, 2.05) is 17.0 Å². The molecule has 4 rings (SSSR count). The molecule has 0 saturated carbocycles. The average Bonchev–Trinajstić information content (AvgIpc) is 3.25. The first-order valence-electron chi connectivity index (χ1n) is 8.87. The van der Waals surface area contributed by atoms with Crippen LogP contribution in [0.3, 0.4) is 0 Å². The lowest BCUT2D eigenvalue weighted by molar-refractivity contribution is 0.0675. The molecule has 1 fully saturated rings. The summed E-state index contributed by atoms with van der Waals surface area (Å²) in [7, 11) is 0. The van der Waals surface area contributed by atoms with Gasteiger partial charge in [-0.3, -0.25) is 14.6 Å². The maximum atomic E-state index is 12.4. The Hall–Kier alpha value is -2.87. The van der Waals surface area contributed by atoms with Gasteiger partial charge in [0.15, 0.2) is 0 Å². The molecule has 3 aromatic rings. The van der Waals surface area contributed by atoms with Crippen molar-refractivity contribution in [1.82, 2.24) is 24.6 Å². The standard InChI is InChI=1S/C19H19N5O2S/c25-18-2-1-16(15-3-7-20-8-4-15)22-24(18)11-14-5-9-23(10-6-14)19(26)17-12-27-13-21-17/h1-4,7-8,12-14H,5-6,9-11H2. The molecule has 0 unspecified atom stereocenters. The Morgan fingerprint density at radius 2 is 1.93 bits per heavy atom. The van der Waals surface area contributed by atoms with Crippen LogP contribution in [0.25, 0.3) is 11.3 Å². The van der Waals surface area contributed by atoms with Gasteiger partial charge < -0.3 is 4.90 Å². The lowest BCUT2D eigenvalue weighted by Gasteiger charge is -2.31. The van der Waals surface area contributed by atoms with Gasteiger partial charge in [0.25, 0.3) is 11.5 Å². The molecule has 0 N–H and O–H groups in total. The number of pyridine rings is 1. The predicted molar refractivity (Wildman–Crippen MR) is 102 cm³/mol. The SMILES string of the molecule is O=C(c1cscn1)N1CCC(Cn2nc(-c3ccncc3)ccc2=O)CC1. The number of aromatic nitrogens is 4. The first-order valence-corrected chi connectivity index (χ1v) is 9.81. The first kappa shape index (κ1) is 17.5. The molecule has 1 aliphatic rings. The maximum absolute atomic E-state index is 12.4. The largest absolute Gasteiger partial charge is 0.337 e. The summed E-state index contributed by atoms with van der Waals surface area (Å²) < 4.78 is 1.54. The van der Waals surface area contributed by atoms with Crippen molar-refractivity contribution in [3.63, 3.8) is 0 Å². The zero-order valence-corrected chi connectivity index (χ0v) is 15.5. The van der Waals surface area contributed by atoms with E-state index < -0.39 is 0 Å². The van der Waals surface area contributed by atoms with Crippen LogP contribution in [0.5, 0.6) is 0 Å². The molecule has 0 aromatic carbocycles. The number of nitrogens with zero attached hydrogens (tertiary/aromatic N) is 5. The lowest BCUT2D eigenvalue weighted by Crippen LogP contribution is -2.40. The summed E-state index contributed by atoms with van der Waals surface area (Å²) in [4.78, 5) is 34.5. The molecule has 1 amide bonds. The van der Waals surface area contributed by atoms with Crippen molar-refractivity contribution in [2.45, 2.75) is 19.4 Å². The number of hydrogen-bond acceptors (Lipinski definition) is 6. The molecular weight excluding hydrogens is 362 g/mol. The van der Waals surface area contributed by atoms with Gasteiger partial charge in [0.2, 0.25) is 0 Å². The second kappa shape index (κ2) is 7.79. The minimum Gasteiger partial charge on any atom is -0.337 e. The highest BCUT2D eigenvalue weighted by molar-refractivity contribution is 7.07. The van der Waals surface area contributed by atoms with Gasteiger partial charge in [-0.05, 0) is 37.0 Å². The second-order valence-corrected chi connectivity index (χ2v) is 7.30. The number of carbonyl (C=O) groups excluding carboxylic acids is 1. The quantitative estimate of drug-likeness (QED) is 0.693. The second-order valence-electron chi connectivity index (χ2n) is 6.58. The van der Waals surface area contributed by atoms with Crippen molar-refractivity contribution in [1.29, 1.82) is 0 Å². The molecule has 0 radical (unpaired) electrons. The Labute approximate surface area is 160 Å². The number of likely N-dealkylation sites (tertiary alicyclic amines) is 1. The van der Waals surface area contributed by atoms with E-state index in [1.54, 1.807) is 40.1 Å². The van der Waals surface area contributed by atoms with Gasteiger partial charge in [0.05, 0.1) is 11.2 Å². The molecule has 138 valence electrons. The Bertz CT molecular complexity index is 963. The van der Waals surface area contributed by atoms with Gasteiger partial charge in [-0.2, -0.15) is 5.10 Å². The monoisotopic (exact) mass is 381 g/mol. The molecular formula is C19H19N5O2S. The Morgan fingerprint density at radius 1 is 1.15 bits per heavy atom. The Morgan fingerprint density at radius 3 is 2.63 bits per heavy atom. The van der Waals surface area contributed by atoms with Crippen molar-refractivity contribution >= 4 is 17.2 Å². The number of amides is 1. The molecule has 0 spiro atoms. The van der Waals surface area contributed by atoms with E-state index in [0.717, 1.165) is 24.1 Å². The number of thiazole rings is 1. The molecule has 1 saturated heterocycles. The third kappa shape index (κ3) is 3.95. The fourth-order valence-corrected chi connectivity index (χ4v) is 3.83. The van der Waals surface area contributed by atoms with Gasteiger partial charge in [-0.25, -0.2) is 9.67 Å². The van der Waals surface area contributed by atoms with Crippen LogP contribution in [0.15, 0.2) is 52.3 Å². The number of rotatable bonds is 4. The average molecular weight is 381 g/mol. The van der Waals surface area contributed by atoms with E-state index in [4.69, 9.17) is 0 Å². The third-order valence-corrected chi connectivity index (χ3v) is 5.41. The van der Waals surface area contributed by atoms with Crippen LogP contribution < -0.4 is 5.56 Å². The van der Waals surface area contributed by atoms with E-state index in [9.17, 15) is 9.59 Å². The molecule has 1 aliphatic heterocycles. The summed E-state index contributed by atoms with van der Waals surface area (Å²) in [5.41, 5.74) is 3.78. The maximum Gasteiger partial charge on any atom is 0.273 e. The van der Waals surface area contributed by atoms with E-state index in [1.165, 1.54) is 11.3 Å². The van der Waals surface area contributed by atoms with Crippen molar-refractivity contribution in [2.24, 2.45) is 5.92 Å². The van der Waals surface area contributed by atoms with Gasteiger partial charge in [-0.15, -0.1) is 11.3 Å². The van der Waals surface area contributed by atoms with E-state index >= 15 is 0 Å². The zero-order valence-electron chi connectivity index (χ0n) is 14.7. The molecule has 27 heavy (non-hydrogen) atoms. The van der Waals surface area contributed by atoms with Gasteiger partial charge in [-0.1, -0.05) is 0 Å². The highest BCUT2D eigenvalue weighted by Gasteiger charge is 2.25. The Balaban J connectivity index is 1.42. The third-order valence-electron chi connectivity index (χ3n) is 4.83. The van der Waals surface area contributed by atoms with Gasteiger partial charge >= 0.3 is 0 Å². The normalized spacial score (nSPS) is 15.0. The minimum atomic E-state index is -0.103. The Kier molecular flexibility index (Phi) is 5.06. The highest BCUT2D eigenvalue weighted by atomic mass is 32.1. The molecule has 0 bridgehead atoms. The van der Waals surface area contributed by atoms with Crippen LogP contribution in [0.4, 0.5) is 0 Å². The summed E-state index contributed by atoms with van der Waals surface area (Å²) in [5, 5.41) is 6.30. The molecule has 7 nitrogen and oxygen atoms in total. The molecule has 3 aromatic heterocycles. The van der Waals surface area contributed by atoms with Crippen molar-refractivity contribution in [3.05, 3.63) is 63.6 Å². The van der Waals surface area contributed by atoms with Crippen LogP contribution in [0, 0.1) is 5.92 Å². The van der Waals surface area contributed by atoms with Gasteiger partial charge in [0.1, 0.15) is 5.69 Å². The van der Waals surface area contributed by atoms with E-state index in [-0.39, 0.29) is 11.5 Å². The summed E-state index contributed by atoms with van der Waals surface area (Å²) in [6.45, 7) is 1.93. The van der Waals surface area contributed by atoms with Crippen LogP contribution in [0.2, 0.25) is 0 Å². The van der Waals surface area contributed by atoms with Gasteiger partial charge in [0, 0.05) is 49.0 Å². The summed E-state index contributed by atoms with van der Waals surface area (Å²) in [5.74, 6) is 0.312. The van der Waals surface area contributed by atoms with E-state index in [0.29, 0.717) is 31.2 Å². The highest BCUT2D eigenvalue weighted by Crippen LogP contribution is 2.21. The van der Waals surface area contributed by atoms with Crippen LogP contribution >= 0.6 is 11.3 Å². The van der Waals surface area contributed by atoms with Crippen molar-refractivity contribution in [3.8, 4) is 11.3 Å². The fraction of sp³-hybridized carbons (Fsp3) is 0.316. The minimum absolute atomic E-state index is 0.00956. The van der Waals surface area contributed by atoms with Crippen LogP contribution in [0.1, 0.15) is 23.3 Å². The molecule has 0 atom stereocenters. The lowest BCUT2D eigenvalue weighted by atomic mass is 9.96. The topological polar surface area (TPSA) is 81.0 Å². The van der Waals surface area contributed by atoms with Crippen LogP contribution in [-0.4, -0.2) is 43.6 Å². The summed E-state index contributed by atoms with van der Waals surface area (Å²) in [6.07, 6.45) is 5.12. The fourth-order valence-electron chi connectivity index (χ4n) is 3.30. The summed E-state index contributed by atoms with van der Waals surface area (Å²) in [6, 6.07) is 7.05. The first-order chi connectivity index (χ1) is 13.2. The number of piperidine rings is 1. The molecule has 8 heteroatoms. The smallest absolute Gasteiger partial charge is 0.273 e. The van der Waals surface area contributed by atoms with Crippen molar-refractivity contribution in [2.75, 3.05) is 13.1 Å². The summed E-state index contributed by atoms with van der Waals surface area (Å²) >= 11 is 1.43. The number of hydrogen-bond donors (Lipinski definition) is 0. The molecule has 0 aliphatic carbocycles. The van der Waals surface area contributed by atoms with E-state index in [2.05, 4.69) is 15.1 Å².